The number of halogens is 4. The van der Waals surface area contributed by atoms with Crippen LogP contribution in [0, 0.1) is 6.92 Å². The second-order valence-corrected chi connectivity index (χ2v) is 5.71. The maximum Gasteiger partial charge on any atom is 0.411 e. The van der Waals surface area contributed by atoms with Crippen LogP contribution in [-0.2, 0) is 4.74 Å². The summed E-state index contributed by atoms with van der Waals surface area (Å²) in [6.45, 7) is 4.24. The molecule has 0 saturated heterocycles. The first-order chi connectivity index (χ1) is 11.3. The Morgan fingerprint density at radius 2 is 1.84 bits per heavy atom. The quantitative estimate of drug-likeness (QED) is 0.261. The number of rotatable bonds is 8. The van der Waals surface area contributed by atoms with Crippen molar-refractivity contribution in [3.05, 3.63) is 35.4 Å². The summed E-state index contributed by atoms with van der Waals surface area (Å²) in [4.78, 5) is 4.10. The Morgan fingerprint density at radius 3 is 2.40 bits per heavy atom. The topological polar surface area (TPSA) is 45.7 Å². The molecule has 1 unspecified atom stereocenters. The monoisotopic (exact) mass is 473 g/mol. The van der Waals surface area contributed by atoms with Gasteiger partial charge in [-0.25, -0.2) is 0 Å². The Morgan fingerprint density at radius 1 is 1.20 bits per heavy atom. The fourth-order valence-corrected chi connectivity index (χ4v) is 2.05. The molecule has 0 radical (unpaired) electrons. The minimum atomic E-state index is -4.27. The molecular formula is C17H27F3IN3O. The minimum Gasteiger partial charge on any atom is -0.372 e. The molecular weight excluding hydrogens is 446 g/mol. The highest BCUT2D eigenvalue weighted by Gasteiger charge is 2.27. The van der Waals surface area contributed by atoms with Crippen molar-refractivity contribution in [2.24, 2.45) is 4.99 Å². The highest BCUT2D eigenvalue weighted by Crippen LogP contribution is 2.15. The number of hydrogen-bond acceptors (Lipinski definition) is 2. The number of ether oxygens (including phenoxy) is 1. The van der Waals surface area contributed by atoms with Crippen LogP contribution in [-0.4, -0.2) is 45.5 Å². The van der Waals surface area contributed by atoms with Gasteiger partial charge in [0.25, 0.3) is 0 Å². The second-order valence-electron chi connectivity index (χ2n) is 5.71. The van der Waals surface area contributed by atoms with E-state index in [0.717, 1.165) is 0 Å². The van der Waals surface area contributed by atoms with Gasteiger partial charge in [-0.3, -0.25) is 4.99 Å². The van der Waals surface area contributed by atoms with Crippen molar-refractivity contribution in [2.45, 2.75) is 32.4 Å². The first kappa shape index (κ1) is 24.0. The van der Waals surface area contributed by atoms with E-state index in [1.54, 1.807) is 7.05 Å². The summed E-state index contributed by atoms with van der Waals surface area (Å²) < 4.78 is 40.3. The fourth-order valence-electron chi connectivity index (χ4n) is 2.05. The molecule has 1 aromatic rings. The standard InChI is InChI=1S/C17H26F3N3O.HI/c1-13-5-7-15(8-6-13)14(2)11-23-16(21-3)22-9-4-10-24-12-17(18,19)20;/h5-8,14H,4,9-12H2,1-3H3,(H2,21,22,23);1H. The maximum absolute atomic E-state index is 11.9. The molecule has 0 bridgehead atoms. The molecule has 144 valence electrons. The van der Waals surface area contributed by atoms with Gasteiger partial charge in [-0.1, -0.05) is 36.8 Å². The summed E-state index contributed by atoms with van der Waals surface area (Å²) in [5.74, 6) is 0.948. The van der Waals surface area contributed by atoms with E-state index in [9.17, 15) is 13.2 Å². The molecule has 0 amide bonds. The Hall–Kier alpha value is -1.03. The lowest BCUT2D eigenvalue weighted by molar-refractivity contribution is -0.173. The predicted octanol–water partition coefficient (Wildman–Crippen LogP) is 3.85. The van der Waals surface area contributed by atoms with Gasteiger partial charge in [0.15, 0.2) is 5.96 Å². The number of nitrogens with one attached hydrogen (secondary N) is 2. The maximum atomic E-state index is 11.9. The second kappa shape index (κ2) is 12.3. The van der Waals surface area contributed by atoms with E-state index < -0.39 is 12.8 Å². The lowest BCUT2D eigenvalue weighted by atomic mass is 10.0. The average molecular weight is 473 g/mol. The van der Waals surface area contributed by atoms with Crippen LogP contribution in [0.15, 0.2) is 29.3 Å². The highest BCUT2D eigenvalue weighted by atomic mass is 127. The molecule has 25 heavy (non-hydrogen) atoms. The van der Waals surface area contributed by atoms with Crippen LogP contribution in [0.3, 0.4) is 0 Å². The van der Waals surface area contributed by atoms with Crippen LogP contribution in [0.25, 0.3) is 0 Å². The molecule has 0 aliphatic carbocycles. The van der Waals surface area contributed by atoms with Crippen LogP contribution >= 0.6 is 24.0 Å². The number of alkyl halides is 3. The van der Waals surface area contributed by atoms with Gasteiger partial charge >= 0.3 is 6.18 Å². The van der Waals surface area contributed by atoms with Gasteiger partial charge in [0, 0.05) is 26.7 Å². The summed E-state index contributed by atoms with van der Waals surface area (Å²) >= 11 is 0. The number of nitrogens with zero attached hydrogens (tertiary/aromatic N) is 1. The lowest BCUT2D eigenvalue weighted by Gasteiger charge is -2.16. The van der Waals surface area contributed by atoms with Crippen LogP contribution in [0.2, 0.25) is 0 Å². The van der Waals surface area contributed by atoms with Crippen molar-refractivity contribution in [2.75, 3.05) is 33.4 Å². The lowest BCUT2D eigenvalue weighted by Crippen LogP contribution is -2.39. The number of aliphatic imine (C=N–C) groups is 1. The normalized spacial score (nSPS) is 13.1. The SMILES string of the molecule is CN=C(NCCCOCC(F)(F)F)NCC(C)c1ccc(C)cc1.I. The van der Waals surface area contributed by atoms with Crippen molar-refractivity contribution in [3.8, 4) is 0 Å². The van der Waals surface area contributed by atoms with E-state index in [0.29, 0.717) is 31.4 Å². The molecule has 0 aliphatic rings. The van der Waals surface area contributed by atoms with Gasteiger partial charge in [0.2, 0.25) is 0 Å². The zero-order valence-corrected chi connectivity index (χ0v) is 17.2. The van der Waals surface area contributed by atoms with E-state index in [1.807, 2.05) is 0 Å². The van der Waals surface area contributed by atoms with E-state index in [-0.39, 0.29) is 30.6 Å². The molecule has 0 aromatic heterocycles. The average Bonchev–Trinajstić information content (AvgIpc) is 2.52. The summed E-state index contributed by atoms with van der Waals surface area (Å²) in [6, 6.07) is 8.38. The molecule has 1 aromatic carbocycles. The molecule has 0 fully saturated rings. The molecule has 0 heterocycles. The predicted molar refractivity (Wildman–Crippen MR) is 106 cm³/mol. The molecule has 0 spiro atoms. The van der Waals surface area contributed by atoms with Gasteiger partial charge in [-0.05, 0) is 24.8 Å². The molecule has 1 rings (SSSR count). The smallest absolute Gasteiger partial charge is 0.372 e. The molecule has 2 N–H and O–H groups in total. The van der Waals surface area contributed by atoms with Crippen molar-refractivity contribution in [3.63, 3.8) is 0 Å². The highest BCUT2D eigenvalue weighted by molar-refractivity contribution is 14.0. The summed E-state index contributed by atoms with van der Waals surface area (Å²) in [5.41, 5.74) is 2.47. The minimum absolute atomic E-state index is 0. The van der Waals surface area contributed by atoms with Crippen molar-refractivity contribution < 1.29 is 17.9 Å². The third-order valence-corrected chi connectivity index (χ3v) is 3.47. The Labute approximate surface area is 164 Å². The van der Waals surface area contributed by atoms with E-state index in [4.69, 9.17) is 0 Å². The van der Waals surface area contributed by atoms with Crippen molar-refractivity contribution >= 4 is 29.9 Å². The summed E-state index contributed by atoms with van der Waals surface area (Å²) in [6.07, 6.45) is -3.79. The first-order valence-corrected chi connectivity index (χ1v) is 7.97. The van der Waals surface area contributed by atoms with Crippen LogP contribution in [0.5, 0.6) is 0 Å². The van der Waals surface area contributed by atoms with Gasteiger partial charge in [-0.15, -0.1) is 24.0 Å². The third-order valence-electron chi connectivity index (χ3n) is 3.47. The zero-order valence-electron chi connectivity index (χ0n) is 14.8. The number of benzene rings is 1. The van der Waals surface area contributed by atoms with Gasteiger partial charge in [-0.2, -0.15) is 13.2 Å². The summed E-state index contributed by atoms with van der Waals surface area (Å²) in [7, 11) is 1.66. The van der Waals surface area contributed by atoms with Crippen LogP contribution in [0.1, 0.15) is 30.4 Å². The number of hydrogen-bond donors (Lipinski definition) is 2. The number of guanidine groups is 1. The van der Waals surface area contributed by atoms with E-state index in [2.05, 4.69) is 58.5 Å². The Kier molecular flexibility index (Phi) is 11.8. The van der Waals surface area contributed by atoms with Crippen LogP contribution in [0.4, 0.5) is 13.2 Å². The largest absolute Gasteiger partial charge is 0.411 e. The molecule has 0 saturated carbocycles. The van der Waals surface area contributed by atoms with E-state index >= 15 is 0 Å². The third kappa shape index (κ3) is 11.2. The molecule has 8 heteroatoms. The van der Waals surface area contributed by atoms with E-state index in [1.165, 1.54) is 11.1 Å². The van der Waals surface area contributed by atoms with Gasteiger partial charge in [0.1, 0.15) is 6.61 Å². The summed E-state index contributed by atoms with van der Waals surface area (Å²) in [5, 5.41) is 6.28. The van der Waals surface area contributed by atoms with Crippen molar-refractivity contribution in [1.82, 2.24) is 10.6 Å². The first-order valence-electron chi connectivity index (χ1n) is 7.97. The Balaban J connectivity index is 0.00000576. The molecule has 0 aliphatic heterocycles. The van der Waals surface area contributed by atoms with Crippen LogP contribution < -0.4 is 10.6 Å². The van der Waals surface area contributed by atoms with Gasteiger partial charge < -0.3 is 15.4 Å². The number of aryl methyl sites for hydroxylation is 1. The molecule has 4 nitrogen and oxygen atoms in total. The van der Waals surface area contributed by atoms with Crippen molar-refractivity contribution in [1.29, 1.82) is 0 Å². The fraction of sp³-hybridized carbons (Fsp3) is 0.588. The zero-order chi connectivity index (χ0) is 18.0. The Bertz CT molecular complexity index is 507. The van der Waals surface area contributed by atoms with Gasteiger partial charge in [0.05, 0.1) is 0 Å². The molecule has 1 atom stereocenters.